The molecule has 4 rings (SSSR count). The number of hydrogen-bond donors (Lipinski definition) is 2. The minimum Gasteiger partial charge on any atom is -0.508 e. The number of rotatable bonds is 2. The first-order valence-electron chi connectivity index (χ1n) is 10.3. The van der Waals surface area contributed by atoms with Crippen molar-refractivity contribution in [2.24, 2.45) is 0 Å². The minimum absolute atomic E-state index is 0.373. The fourth-order valence-electron chi connectivity index (χ4n) is 4.02. The molecule has 0 radical (unpaired) electrons. The van der Waals surface area contributed by atoms with E-state index in [0.717, 1.165) is 29.0 Å². The molecule has 0 saturated carbocycles. The third-order valence-corrected chi connectivity index (χ3v) is 5.72. The normalized spacial score (nSPS) is 19.7. The number of hydrogen-bond acceptors (Lipinski definition) is 5. The van der Waals surface area contributed by atoms with E-state index in [0.29, 0.717) is 12.1 Å². The number of aromatic nitrogens is 1. The summed E-state index contributed by atoms with van der Waals surface area (Å²) in [5, 5.41) is 13.4. The molecule has 168 valence electrons. The van der Waals surface area contributed by atoms with Gasteiger partial charge in [0.2, 0.25) is 0 Å². The lowest BCUT2D eigenvalue weighted by atomic mass is 9.93. The SMILES string of the molecule is CN1CCCC1.CNC1=CCN(C)C(c2ccc(C(F)(F)F)cc2O)c2ccncc21. The zero-order chi connectivity index (χ0) is 22.6. The zero-order valence-corrected chi connectivity index (χ0v) is 18.1. The van der Waals surface area contributed by atoms with Crippen LogP contribution >= 0.6 is 0 Å². The Labute approximate surface area is 181 Å². The van der Waals surface area contributed by atoms with Crippen molar-refractivity contribution in [1.82, 2.24) is 20.1 Å². The van der Waals surface area contributed by atoms with Gasteiger partial charge < -0.3 is 15.3 Å². The second kappa shape index (κ2) is 9.70. The largest absolute Gasteiger partial charge is 0.508 e. The molecule has 0 amide bonds. The van der Waals surface area contributed by atoms with Gasteiger partial charge in [0.15, 0.2) is 0 Å². The maximum atomic E-state index is 12.9. The average Bonchev–Trinajstić information content (AvgIpc) is 3.16. The van der Waals surface area contributed by atoms with Crippen molar-refractivity contribution >= 4 is 5.70 Å². The summed E-state index contributed by atoms with van der Waals surface area (Å²) in [6.45, 7) is 3.20. The Morgan fingerprint density at radius 3 is 2.35 bits per heavy atom. The van der Waals surface area contributed by atoms with E-state index in [9.17, 15) is 18.3 Å². The van der Waals surface area contributed by atoms with Gasteiger partial charge in [-0.1, -0.05) is 6.07 Å². The zero-order valence-electron chi connectivity index (χ0n) is 18.1. The third-order valence-electron chi connectivity index (χ3n) is 5.72. The van der Waals surface area contributed by atoms with Crippen molar-refractivity contribution in [3.05, 3.63) is 65.0 Å². The average molecular weight is 435 g/mol. The Balaban J connectivity index is 0.000000391. The molecule has 2 aliphatic heterocycles. The number of likely N-dealkylation sites (N-methyl/N-ethyl adjacent to an activating group) is 1. The van der Waals surface area contributed by atoms with Gasteiger partial charge in [0.1, 0.15) is 5.75 Å². The highest BCUT2D eigenvalue weighted by atomic mass is 19.4. The predicted molar refractivity (Wildman–Crippen MR) is 116 cm³/mol. The van der Waals surface area contributed by atoms with Crippen molar-refractivity contribution in [1.29, 1.82) is 0 Å². The molecule has 1 atom stereocenters. The molecular weight excluding hydrogens is 405 g/mol. The second-order valence-electron chi connectivity index (χ2n) is 7.95. The molecule has 1 aromatic heterocycles. The standard InChI is InChI=1S/C18H18F3N3O.C5H11N/c1-22-15-6-8-24(2)17(12-5-7-23-10-14(12)15)13-4-3-11(9-16(13)25)18(19,20)21;1-6-4-2-3-5-6/h3-7,9-10,17,22,25H,8H2,1-2H3;2-5H2,1H3. The summed E-state index contributed by atoms with van der Waals surface area (Å²) in [6, 6.07) is 4.56. The summed E-state index contributed by atoms with van der Waals surface area (Å²) >= 11 is 0. The van der Waals surface area contributed by atoms with E-state index in [2.05, 4.69) is 22.2 Å². The summed E-state index contributed by atoms with van der Waals surface area (Å²) in [6.07, 6.45) is 3.67. The lowest BCUT2D eigenvalue weighted by molar-refractivity contribution is -0.137. The Bertz CT molecular complexity index is 923. The number of fused-ring (bicyclic) bond motifs is 1. The van der Waals surface area contributed by atoms with E-state index in [4.69, 9.17) is 0 Å². The van der Waals surface area contributed by atoms with Gasteiger partial charge in [0.05, 0.1) is 11.6 Å². The van der Waals surface area contributed by atoms with Crippen molar-refractivity contribution in [2.75, 3.05) is 40.8 Å². The number of nitrogens with one attached hydrogen (secondary N) is 1. The number of phenolic OH excluding ortho intramolecular Hbond substituents is 1. The molecule has 2 N–H and O–H groups in total. The lowest BCUT2D eigenvalue weighted by Gasteiger charge is -2.28. The van der Waals surface area contributed by atoms with Crippen molar-refractivity contribution in [3.63, 3.8) is 0 Å². The summed E-state index contributed by atoms with van der Waals surface area (Å²) < 4.78 is 38.6. The molecule has 1 fully saturated rings. The molecule has 1 unspecified atom stereocenters. The molecule has 0 spiro atoms. The van der Waals surface area contributed by atoms with Crippen LogP contribution in [0, 0.1) is 0 Å². The van der Waals surface area contributed by atoms with Crippen LogP contribution in [0.1, 0.15) is 41.1 Å². The van der Waals surface area contributed by atoms with Crippen LogP contribution in [0.5, 0.6) is 5.75 Å². The molecule has 31 heavy (non-hydrogen) atoms. The van der Waals surface area contributed by atoms with Crippen LogP contribution in [0.4, 0.5) is 13.2 Å². The fraction of sp³-hybridized carbons (Fsp3) is 0.435. The maximum absolute atomic E-state index is 12.9. The molecule has 3 heterocycles. The molecule has 0 bridgehead atoms. The quantitative estimate of drug-likeness (QED) is 0.745. The van der Waals surface area contributed by atoms with Crippen LogP contribution in [-0.4, -0.2) is 60.7 Å². The molecule has 0 aliphatic carbocycles. The van der Waals surface area contributed by atoms with Crippen LogP contribution in [0.2, 0.25) is 0 Å². The highest BCUT2D eigenvalue weighted by Crippen LogP contribution is 2.40. The van der Waals surface area contributed by atoms with E-state index >= 15 is 0 Å². The van der Waals surface area contributed by atoms with E-state index in [-0.39, 0.29) is 11.8 Å². The minimum atomic E-state index is -4.49. The van der Waals surface area contributed by atoms with E-state index in [1.807, 2.05) is 24.1 Å². The summed E-state index contributed by atoms with van der Waals surface area (Å²) in [4.78, 5) is 8.47. The number of benzene rings is 1. The highest BCUT2D eigenvalue weighted by molar-refractivity contribution is 5.68. The van der Waals surface area contributed by atoms with Gasteiger partial charge in [0.25, 0.3) is 0 Å². The van der Waals surface area contributed by atoms with Crippen LogP contribution < -0.4 is 5.32 Å². The Hall–Kier alpha value is -2.58. The molecule has 2 aliphatic rings. The number of phenols is 1. The predicted octanol–water partition coefficient (Wildman–Crippen LogP) is 4.11. The summed E-state index contributed by atoms with van der Waals surface area (Å²) in [5.74, 6) is -0.373. The highest BCUT2D eigenvalue weighted by Gasteiger charge is 2.33. The number of halogens is 3. The van der Waals surface area contributed by atoms with Gasteiger partial charge in [-0.2, -0.15) is 13.2 Å². The molecule has 5 nitrogen and oxygen atoms in total. The van der Waals surface area contributed by atoms with Crippen LogP contribution in [-0.2, 0) is 6.18 Å². The Morgan fingerprint density at radius 1 is 1.10 bits per heavy atom. The van der Waals surface area contributed by atoms with Gasteiger partial charge in [-0.3, -0.25) is 9.88 Å². The first-order valence-corrected chi connectivity index (χ1v) is 10.3. The molecule has 1 aromatic carbocycles. The molecule has 1 saturated heterocycles. The van der Waals surface area contributed by atoms with Gasteiger partial charge in [-0.05, 0) is 69.9 Å². The van der Waals surface area contributed by atoms with Gasteiger partial charge in [-0.25, -0.2) is 0 Å². The number of alkyl halides is 3. The topological polar surface area (TPSA) is 51.6 Å². The maximum Gasteiger partial charge on any atom is 0.416 e. The molecule has 8 heteroatoms. The first kappa shape index (κ1) is 23.1. The van der Waals surface area contributed by atoms with Gasteiger partial charge in [-0.15, -0.1) is 0 Å². The number of likely N-dealkylation sites (tertiary alicyclic amines) is 1. The smallest absolute Gasteiger partial charge is 0.416 e. The summed E-state index contributed by atoms with van der Waals surface area (Å²) in [7, 11) is 5.84. The van der Waals surface area contributed by atoms with Crippen molar-refractivity contribution < 1.29 is 18.3 Å². The number of aromatic hydroxyl groups is 1. The Kier molecular flexibility index (Phi) is 7.23. The monoisotopic (exact) mass is 434 g/mol. The molecule has 2 aromatic rings. The molecular formula is C23H29F3N4O. The van der Waals surface area contributed by atoms with Crippen molar-refractivity contribution in [2.45, 2.75) is 25.1 Å². The van der Waals surface area contributed by atoms with Crippen LogP contribution in [0.15, 0.2) is 42.7 Å². The fourth-order valence-corrected chi connectivity index (χ4v) is 4.02. The van der Waals surface area contributed by atoms with E-state index in [1.165, 1.54) is 32.0 Å². The van der Waals surface area contributed by atoms with Gasteiger partial charge in [0, 0.05) is 42.8 Å². The first-order chi connectivity index (χ1) is 14.7. The van der Waals surface area contributed by atoms with Crippen LogP contribution in [0.25, 0.3) is 5.70 Å². The lowest BCUT2D eigenvalue weighted by Crippen LogP contribution is -2.25. The van der Waals surface area contributed by atoms with Crippen molar-refractivity contribution in [3.8, 4) is 5.75 Å². The number of pyridine rings is 1. The van der Waals surface area contributed by atoms with E-state index in [1.54, 1.807) is 19.4 Å². The van der Waals surface area contributed by atoms with Gasteiger partial charge >= 0.3 is 6.18 Å². The van der Waals surface area contributed by atoms with E-state index < -0.39 is 11.7 Å². The third kappa shape index (κ3) is 5.37. The van der Waals surface area contributed by atoms with Crippen LogP contribution in [0.3, 0.4) is 0 Å². The summed E-state index contributed by atoms with van der Waals surface area (Å²) in [5.41, 5.74) is 2.18. The number of nitrogens with zero attached hydrogens (tertiary/aromatic N) is 3. The Morgan fingerprint density at radius 2 is 1.81 bits per heavy atom. The second-order valence-corrected chi connectivity index (χ2v) is 7.95.